The van der Waals surface area contributed by atoms with Gasteiger partial charge in [0, 0.05) is 25.7 Å². The lowest BCUT2D eigenvalue weighted by Gasteiger charge is -2.33. The Bertz CT molecular complexity index is 923. The Balaban J connectivity index is 1.53. The van der Waals surface area contributed by atoms with E-state index in [1.807, 2.05) is 18.2 Å². The van der Waals surface area contributed by atoms with Gasteiger partial charge in [0.05, 0.1) is 18.1 Å². The second kappa shape index (κ2) is 8.33. The molecule has 1 heterocycles. The molecule has 1 aliphatic carbocycles. The first-order chi connectivity index (χ1) is 13.6. The number of ether oxygens (including phenoxy) is 1. The van der Waals surface area contributed by atoms with Crippen molar-refractivity contribution in [2.75, 3.05) is 33.4 Å². The molecule has 150 valence electrons. The summed E-state index contributed by atoms with van der Waals surface area (Å²) in [5.74, 6) is 0. The van der Waals surface area contributed by atoms with E-state index in [-0.39, 0.29) is 0 Å². The van der Waals surface area contributed by atoms with Crippen LogP contribution in [0.5, 0.6) is 0 Å². The van der Waals surface area contributed by atoms with Crippen LogP contribution < -0.4 is 0 Å². The van der Waals surface area contributed by atoms with Gasteiger partial charge in [0.15, 0.2) is 0 Å². The Labute approximate surface area is 168 Å². The molecule has 1 aliphatic heterocycles. The minimum atomic E-state index is -3.46. The third kappa shape index (κ3) is 4.01. The van der Waals surface area contributed by atoms with E-state index >= 15 is 0 Å². The van der Waals surface area contributed by atoms with Gasteiger partial charge >= 0.3 is 0 Å². The molecule has 1 saturated heterocycles. The summed E-state index contributed by atoms with van der Waals surface area (Å²) in [5.41, 5.74) is 3.88. The quantitative estimate of drug-likeness (QED) is 0.773. The Hall–Kier alpha value is -1.73. The lowest BCUT2D eigenvalue weighted by atomic mass is 9.87. The number of sulfonamides is 1. The van der Waals surface area contributed by atoms with Crippen molar-refractivity contribution < 1.29 is 13.2 Å². The summed E-state index contributed by atoms with van der Waals surface area (Å²) in [6.45, 7) is 2.49. The van der Waals surface area contributed by atoms with Crippen LogP contribution in [0.25, 0.3) is 0 Å². The van der Waals surface area contributed by atoms with E-state index in [2.05, 4.69) is 36.2 Å². The van der Waals surface area contributed by atoms with Crippen molar-refractivity contribution in [3.8, 4) is 0 Å². The molecule has 4 rings (SSSR count). The lowest BCUT2D eigenvalue weighted by Crippen LogP contribution is -2.40. The molecule has 0 radical (unpaired) electrons. The molecule has 0 saturated carbocycles. The molecule has 0 N–H and O–H groups in total. The standard InChI is InChI=1S/C22H28N2O3S/c1-23(22-11-5-8-19-7-2-3-10-21(19)22)17-18-6-4-9-20(16-18)28(25,26)24-12-14-27-15-13-24/h2-4,6-7,9-10,16,22H,5,8,11-15,17H2,1H3. The average Bonchev–Trinajstić information content (AvgIpc) is 2.74. The highest BCUT2D eigenvalue weighted by Crippen LogP contribution is 2.34. The monoisotopic (exact) mass is 400 g/mol. The fourth-order valence-corrected chi connectivity index (χ4v) is 5.80. The number of hydrogen-bond acceptors (Lipinski definition) is 4. The highest BCUT2D eigenvalue weighted by atomic mass is 32.2. The molecule has 2 aromatic rings. The van der Waals surface area contributed by atoms with E-state index < -0.39 is 10.0 Å². The van der Waals surface area contributed by atoms with Gasteiger partial charge in [-0.1, -0.05) is 36.4 Å². The van der Waals surface area contributed by atoms with Crippen molar-refractivity contribution >= 4 is 10.0 Å². The van der Waals surface area contributed by atoms with Crippen molar-refractivity contribution in [2.24, 2.45) is 0 Å². The van der Waals surface area contributed by atoms with Crippen LogP contribution >= 0.6 is 0 Å². The van der Waals surface area contributed by atoms with Crippen molar-refractivity contribution in [1.29, 1.82) is 0 Å². The van der Waals surface area contributed by atoms with E-state index in [0.29, 0.717) is 37.2 Å². The number of hydrogen-bond donors (Lipinski definition) is 0. The minimum Gasteiger partial charge on any atom is -0.379 e. The summed E-state index contributed by atoms with van der Waals surface area (Å²) in [6, 6.07) is 16.5. The summed E-state index contributed by atoms with van der Waals surface area (Å²) in [6.07, 6.45) is 3.48. The van der Waals surface area contributed by atoms with E-state index in [4.69, 9.17) is 4.74 Å². The Morgan fingerprint density at radius 3 is 2.71 bits per heavy atom. The number of aryl methyl sites for hydroxylation is 1. The molecule has 0 spiro atoms. The normalized spacial score (nSPS) is 20.9. The molecule has 2 aliphatic rings. The van der Waals surface area contributed by atoms with Crippen LogP contribution in [-0.4, -0.2) is 51.0 Å². The Kier molecular flexibility index (Phi) is 5.83. The van der Waals surface area contributed by atoms with Gasteiger partial charge in [-0.2, -0.15) is 4.31 Å². The molecule has 6 heteroatoms. The van der Waals surface area contributed by atoms with Crippen LogP contribution in [0.3, 0.4) is 0 Å². The molecular weight excluding hydrogens is 372 g/mol. The van der Waals surface area contributed by atoms with Gasteiger partial charge in [0.1, 0.15) is 0 Å². The van der Waals surface area contributed by atoms with Gasteiger partial charge in [-0.3, -0.25) is 4.90 Å². The van der Waals surface area contributed by atoms with Crippen molar-refractivity contribution in [1.82, 2.24) is 9.21 Å². The van der Waals surface area contributed by atoms with E-state index in [1.54, 1.807) is 6.07 Å². The predicted molar refractivity (Wildman–Crippen MR) is 110 cm³/mol. The van der Waals surface area contributed by atoms with Crippen molar-refractivity contribution in [3.05, 3.63) is 65.2 Å². The van der Waals surface area contributed by atoms with Crippen LogP contribution in [0.15, 0.2) is 53.4 Å². The number of rotatable bonds is 5. The number of nitrogens with zero attached hydrogens (tertiary/aromatic N) is 2. The molecule has 5 nitrogen and oxygen atoms in total. The number of morpholine rings is 1. The number of benzene rings is 2. The molecule has 0 amide bonds. The summed E-state index contributed by atoms with van der Waals surface area (Å²) >= 11 is 0. The molecule has 2 aromatic carbocycles. The van der Waals surface area contributed by atoms with E-state index in [1.165, 1.54) is 21.9 Å². The summed E-state index contributed by atoms with van der Waals surface area (Å²) in [4.78, 5) is 2.72. The predicted octanol–water partition coefficient (Wildman–Crippen LogP) is 3.22. The van der Waals surface area contributed by atoms with Gasteiger partial charge in [0.25, 0.3) is 0 Å². The smallest absolute Gasteiger partial charge is 0.243 e. The van der Waals surface area contributed by atoms with Crippen molar-refractivity contribution in [3.63, 3.8) is 0 Å². The zero-order valence-electron chi connectivity index (χ0n) is 16.4. The maximum absolute atomic E-state index is 12.9. The van der Waals surface area contributed by atoms with Crippen LogP contribution in [0.4, 0.5) is 0 Å². The zero-order valence-corrected chi connectivity index (χ0v) is 17.2. The minimum absolute atomic E-state index is 0.379. The van der Waals surface area contributed by atoms with Gasteiger partial charge in [-0.15, -0.1) is 0 Å². The molecular formula is C22H28N2O3S. The zero-order chi connectivity index (χ0) is 19.6. The average molecular weight is 401 g/mol. The highest BCUT2D eigenvalue weighted by Gasteiger charge is 2.27. The number of fused-ring (bicyclic) bond motifs is 1. The first-order valence-corrected chi connectivity index (χ1v) is 11.4. The first-order valence-electron chi connectivity index (χ1n) is 10.0. The van der Waals surface area contributed by atoms with Crippen LogP contribution in [0, 0.1) is 0 Å². The van der Waals surface area contributed by atoms with Gasteiger partial charge in [-0.25, -0.2) is 8.42 Å². The fraction of sp³-hybridized carbons (Fsp3) is 0.455. The highest BCUT2D eigenvalue weighted by molar-refractivity contribution is 7.89. The third-order valence-corrected chi connectivity index (χ3v) is 7.70. The molecule has 1 fully saturated rings. The Morgan fingerprint density at radius 1 is 1.11 bits per heavy atom. The SMILES string of the molecule is CN(Cc1cccc(S(=O)(=O)N2CCOCC2)c1)C1CCCc2ccccc21. The summed E-state index contributed by atoms with van der Waals surface area (Å²) in [5, 5.41) is 0. The summed E-state index contributed by atoms with van der Waals surface area (Å²) in [7, 11) is -1.32. The van der Waals surface area contributed by atoms with Gasteiger partial charge in [-0.05, 0) is 55.1 Å². The van der Waals surface area contributed by atoms with Crippen LogP contribution in [0.1, 0.15) is 35.6 Å². The van der Waals surface area contributed by atoms with Gasteiger partial charge < -0.3 is 4.74 Å². The molecule has 1 unspecified atom stereocenters. The first kappa shape index (κ1) is 19.6. The fourth-order valence-electron chi connectivity index (χ4n) is 4.32. The van der Waals surface area contributed by atoms with Gasteiger partial charge in [0.2, 0.25) is 10.0 Å². The molecule has 28 heavy (non-hydrogen) atoms. The maximum atomic E-state index is 12.9. The lowest BCUT2D eigenvalue weighted by molar-refractivity contribution is 0.0730. The van der Waals surface area contributed by atoms with Crippen LogP contribution in [0.2, 0.25) is 0 Å². The second-order valence-electron chi connectivity index (χ2n) is 7.69. The molecule has 0 bridgehead atoms. The third-order valence-electron chi connectivity index (χ3n) is 5.81. The maximum Gasteiger partial charge on any atom is 0.243 e. The van der Waals surface area contributed by atoms with Crippen LogP contribution in [-0.2, 0) is 27.7 Å². The summed E-state index contributed by atoms with van der Waals surface area (Å²) < 4.78 is 32.7. The molecule has 1 atom stereocenters. The topological polar surface area (TPSA) is 49.9 Å². The van der Waals surface area contributed by atoms with Crippen molar-refractivity contribution in [2.45, 2.75) is 36.7 Å². The Morgan fingerprint density at radius 2 is 1.89 bits per heavy atom. The molecule has 0 aromatic heterocycles. The van der Waals surface area contributed by atoms with E-state index in [9.17, 15) is 8.42 Å². The largest absolute Gasteiger partial charge is 0.379 e. The van der Waals surface area contributed by atoms with E-state index in [0.717, 1.165) is 24.9 Å². The second-order valence-corrected chi connectivity index (χ2v) is 9.62.